The van der Waals surface area contributed by atoms with E-state index in [1.54, 1.807) is 66.7 Å². The quantitative estimate of drug-likeness (QED) is 0.105. The van der Waals surface area contributed by atoms with Crippen molar-refractivity contribution in [1.29, 1.82) is 0 Å². The molecule has 5 aromatic carbocycles. The number of para-hydroxylation sites is 1. The molecule has 0 fully saturated rings. The molecule has 0 aliphatic heterocycles. The first-order valence-corrected chi connectivity index (χ1v) is 16.7. The maximum absolute atomic E-state index is 13.9. The first-order valence-electron chi connectivity index (χ1n) is 14.0. The Morgan fingerprint density at radius 2 is 1.54 bits per heavy atom. The van der Waals surface area contributed by atoms with E-state index in [0.717, 1.165) is 11.1 Å². The minimum absolute atomic E-state index is 0.0197. The Kier molecular flexibility index (Phi) is 10.7. The van der Waals surface area contributed by atoms with E-state index in [1.807, 2.05) is 42.5 Å². The lowest BCUT2D eigenvalue weighted by molar-refractivity contribution is 0.0955. The number of nitrogens with zero attached hydrogens (tertiary/aromatic N) is 2. The summed E-state index contributed by atoms with van der Waals surface area (Å²) < 4.78 is 41.2. The summed E-state index contributed by atoms with van der Waals surface area (Å²) in [5, 5.41) is 4.79. The van der Waals surface area contributed by atoms with E-state index in [9.17, 15) is 13.2 Å². The Morgan fingerprint density at radius 1 is 0.891 bits per heavy atom. The third-order valence-electron chi connectivity index (χ3n) is 6.85. The van der Waals surface area contributed by atoms with Crippen molar-refractivity contribution in [2.75, 3.05) is 11.4 Å². The number of hydrogen-bond acceptors (Lipinski definition) is 6. The van der Waals surface area contributed by atoms with Gasteiger partial charge in [-0.3, -0.25) is 9.10 Å². The maximum atomic E-state index is 13.9. The molecule has 0 saturated heterocycles. The molecule has 5 rings (SSSR count). The van der Waals surface area contributed by atoms with Crippen molar-refractivity contribution < 1.29 is 22.7 Å². The molecule has 0 aliphatic carbocycles. The van der Waals surface area contributed by atoms with Gasteiger partial charge >= 0.3 is 0 Å². The van der Waals surface area contributed by atoms with Crippen molar-refractivity contribution in [1.82, 2.24) is 5.43 Å². The van der Waals surface area contributed by atoms with E-state index in [1.165, 1.54) is 29.8 Å². The van der Waals surface area contributed by atoms with Gasteiger partial charge in [-0.25, -0.2) is 13.8 Å². The highest BCUT2D eigenvalue weighted by atomic mass is 79.9. The SMILES string of the molecule is COc1cc(/C=N\NC(=O)c2ccccc2N(Cc2ccccc2)S(=O)(=O)c2ccccc2)cc(Br)c1OCc1ccc(Cl)cc1. The zero-order chi connectivity index (χ0) is 32.5. The molecule has 1 amide bonds. The maximum Gasteiger partial charge on any atom is 0.273 e. The van der Waals surface area contributed by atoms with Crippen molar-refractivity contribution in [3.63, 3.8) is 0 Å². The Bertz CT molecular complexity index is 1940. The number of ether oxygens (including phenoxy) is 2. The number of methoxy groups -OCH3 is 1. The Hall–Kier alpha value is -4.64. The number of carbonyl (C=O) groups is 1. The molecule has 0 spiro atoms. The summed E-state index contributed by atoms with van der Waals surface area (Å²) in [6, 6.07) is 34.7. The van der Waals surface area contributed by atoms with Gasteiger partial charge in [-0.05, 0) is 81.2 Å². The van der Waals surface area contributed by atoms with Gasteiger partial charge in [0.05, 0.1) is 40.5 Å². The lowest BCUT2D eigenvalue weighted by Crippen LogP contribution is -2.33. The first-order chi connectivity index (χ1) is 22.3. The van der Waals surface area contributed by atoms with Crippen LogP contribution in [0, 0.1) is 0 Å². The predicted octanol–water partition coefficient (Wildman–Crippen LogP) is 7.85. The zero-order valence-corrected chi connectivity index (χ0v) is 27.8. The highest BCUT2D eigenvalue weighted by Gasteiger charge is 2.28. The largest absolute Gasteiger partial charge is 0.493 e. The normalized spacial score (nSPS) is 11.3. The lowest BCUT2D eigenvalue weighted by atomic mass is 10.1. The van der Waals surface area contributed by atoms with Crippen LogP contribution in [0.2, 0.25) is 5.02 Å². The number of amides is 1. The van der Waals surface area contributed by atoms with E-state index >= 15 is 0 Å². The summed E-state index contributed by atoms with van der Waals surface area (Å²) in [6.07, 6.45) is 1.46. The highest BCUT2D eigenvalue weighted by Crippen LogP contribution is 2.37. The van der Waals surface area contributed by atoms with Crippen LogP contribution in [-0.2, 0) is 23.2 Å². The predicted molar refractivity (Wildman–Crippen MR) is 184 cm³/mol. The highest BCUT2D eigenvalue weighted by molar-refractivity contribution is 9.10. The van der Waals surface area contributed by atoms with Gasteiger partial charge in [-0.2, -0.15) is 5.10 Å². The summed E-state index contributed by atoms with van der Waals surface area (Å²) in [5.41, 5.74) is 5.20. The summed E-state index contributed by atoms with van der Waals surface area (Å²) >= 11 is 9.51. The van der Waals surface area contributed by atoms with Crippen molar-refractivity contribution in [2.24, 2.45) is 5.10 Å². The number of benzene rings is 5. The van der Waals surface area contributed by atoms with Crippen LogP contribution in [-0.4, -0.2) is 27.6 Å². The fraction of sp³-hybridized carbons (Fsp3) is 0.0857. The molecule has 0 bridgehead atoms. The van der Waals surface area contributed by atoms with Gasteiger partial charge in [0, 0.05) is 5.02 Å². The van der Waals surface area contributed by atoms with Crippen molar-refractivity contribution in [3.05, 3.63) is 153 Å². The smallest absolute Gasteiger partial charge is 0.273 e. The van der Waals surface area contributed by atoms with Crippen LogP contribution in [0.3, 0.4) is 0 Å². The number of halogens is 2. The average Bonchev–Trinajstić information content (AvgIpc) is 3.08. The van der Waals surface area contributed by atoms with Gasteiger partial charge in [0.25, 0.3) is 15.9 Å². The number of anilines is 1. The molecule has 0 aliphatic rings. The number of hydrogen-bond donors (Lipinski definition) is 1. The van der Waals surface area contributed by atoms with E-state index in [-0.39, 0.29) is 22.7 Å². The van der Waals surface area contributed by atoms with Crippen LogP contribution in [0.25, 0.3) is 0 Å². The summed E-state index contributed by atoms with van der Waals surface area (Å²) in [7, 11) is -2.51. The molecular formula is C35H29BrClN3O5S. The van der Waals surface area contributed by atoms with Crippen molar-refractivity contribution >= 4 is 55.4 Å². The van der Waals surface area contributed by atoms with E-state index in [0.29, 0.717) is 33.2 Å². The third kappa shape index (κ3) is 7.95. The number of hydrazone groups is 1. The zero-order valence-electron chi connectivity index (χ0n) is 24.6. The molecule has 1 N–H and O–H groups in total. The molecule has 0 saturated carbocycles. The van der Waals surface area contributed by atoms with Crippen molar-refractivity contribution in [3.8, 4) is 11.5 Å². The first kappa shape index (κ1) is 32.7. The Morgan fingerprint density at radius 3 is 2.24 bits per heavy atom. The minimum atomic E-state index is -4.03. The van der Waals surface area contributed by atoms with Gasteiger partial charge < -0.3 is 9.47 Å². The van der Waals surface area contributed by atoms with Gasteiger partial charge in [-0.1, -0.05) is 84.4 Å². The number of carbonyl (C=O) groups excluding carboxylic acids is 1. The second kappa shape index (κ2) is 15.1. The average molecular weight is 719 g/mol. The lowest BCUT2D eigenvalue weighted by Gasteiger charge is -2.26. The summed E-state index contributed by atoms with van der Waals surface area (Å²) in [4.78, 5) is 13.6. The summed E-state index contributed by atoms with van der Waals surface area (Å²) in [5.74, 6) is 0.386. The molecule has 234 valence electrons. The fourth-order valence-corrected chi connectivity index (χ4v) is 6.76. The number of rotatable bonds is 12. The third-order valence-corrected chi connectivity index (χ3v) is 9.46. The van der Waals surface area contributed by atoms with Gasteiger partial charge in [0.1, 0.15) is 6.61 Å². The van der Waals surface area contributed by atoms with Crippen LogP contribution in [0.1, 0.15) is 27.0 Å². The standard InChI is InChI=1S/C35H29BrClN3O5S/c1-44-33-21-27(20-31(36)34(33)45-24-26-16-18-28(37)19-17-26)22-38-39-35(41)30-14-8-9-15-32(30)40(23-25-10-4-2-5-11-25)46(42,43)29-12-6-3-7-13-29/h2-22H,23-24H2,1H3,(H,39,41)/b38-22-. The second-order valence-corrected chi connectivity index (χ2v) is 13.1. The molecule has 0 aromatic heterocycles. The Balaban J connectivity index is 1.37. The monoisotopic (exact) mass is 717 g/mol. The number of nitrogens with one attached hydrogen (secondary N) is 1. The van der Waals surface area contributed by atoms with E-state index in [2.05, 4.69) is 26.5 Å². The van der Waals surface area contributed by atoms with Crippen LogP contribution >= 0.6 is 27.5 Å². The van der Waals surface area contributed by atoms with Crippen LogP contribution in [0.5, 0.6) is 11.5 Å². The van der Waals surface area contributed by atoms with Gasteiger partial charge in [-0.15, -0.1) is 0 Å². The van der Waals surface area contributed by atoms with Crippen molar-refractivity contribution in [2.45, 2.75) is 18.0 Å². The molecule has 5 aromatic rings. The molecule has 0 atom stereocenters. The summed E-state index contributed by atoms with van der Waals surface area (Å²) in [6.45, 7) is 0.322. The second-order valence-electron chi connectivity index (χ2n) is 9.98. The number of sulfonamides is 1. The molecule has 0 radical (unpaired) electrons. The van der Waals surface area contributed by atoms with E-state index in [4.69, 9.17) is 21.1 Å². The van der Waals surface area contributed by atoms with Crippen LogP contribution in [0.4, 0.5) is 5.69 Å². The molecule has 0 unspecified atom stereocenters. The molecule has 46 heavy (non-hydrogen) atoms. The van der Waals surface area contributed by atoms with Crippen LogP contribution in [0.15, 0.2) is 136 Å². The van der Waals surface area contributed by atoms with Crippen LogP contribution < -0.4 is 19.2 Å². The van der Waals surface area contributed by atoms with E-state index < -0.39 is 15.9 Å². The van der Waals surface area contributed by atoms with Gasteiger partial charge in [0.2, 0.25) is 0 Å². The van der Waals surface area contributed by atoms with Gasteiger partial charge in [0.15, 0.2) is 11.5 Å². The Labute approximate surface area is 281 Å². The molecular weight excluding hydrogens is 690 g/mol. The molecule has 11 heteroatoms. The minimum Gasteiger partial charge on any atom is -0.493 e. The fourth-order valence-electron chi connectivity index (χ4n) is 4.57. The molecule has 0 heterocycles. The topological polar surface area (TPSA) is 97.3 Å². The molecule has 8 nitrogen and oxygen atoms in total.